The van der Waals surface area contributed by atoms with Crippen molar-refractivity contribution in [3.63, 3.8) is 0 Å². The van der Waals surface area contributed by atoms with Crippen LogP contribution in [0, 0.1) is 5.92 Å². The molecule has 3 aromatic rings. The Morgan fingerprint density at radius 3 is 2.78 bits per heavy atom. The first-order valence-electron chi connectivity index (χ1n) is 11.6. The first kappa shape index (κ1) is 21.0. The quantitative estimate of drug-likeness (QED) is 0.640. The lowest BCUT2D eigenvalue weighted by Crippen LogP contribution is -2.41. The van der Waals surface area contributed by atoms with Crippen LogP contribution in [0.15, 0.2) is 54.7 Å². The standard InChI is InChI=1S/C26H31N3O3/c30-26(29-12-14-31-15-13-29)23-8-2-4-10-25(23)32-19-20-6-5-11-28(17-20)18-21-16-27-24-9-3-1-7-22(21)24/h1-4,7-10,16,20,27H,5-6,11-15,17-19H2. The summed E-state index contributed by atoms with van der Waals surface area (Å²) >= 11 is 0. The third-order valence-corrected chi connectivity index (χ3v) is 6.56. The van der Waals surface area contributed by atoms with Gasteiger partial charge >= 0.3 is 0 Å². The van der Waals surface area contributed by atoms with Crippen molar-refractivity contribution in [2.45, 2.75) is 19.4 Å². The highest BCUT2D eigenvalue weighted by molar-refractivity contribution is 5.97. The summed E-state index contributed by atoms with van der Waals surface area (Å²) in [6.07, 6.45) is 4.47. The number of morpholine rings is 1. The Kier molecular flexibility index (Phi) is 6.41. The van der Waals surface area contributed by atoms with Crippen molar-refractivity contribution in [3.05, 3.63) is 65.9 Å². The molecule has 2 saturated heterocycles. The van der Waals surface area contributed by atoms with Gasteiger partial charge in [-0.05, 0) is 43.1 Å². The van der Waals surface area contributed by atoms with Gasteiger partial charge < -0.3 is 19.4 Å². The molecule has 2 aliphatic heterocycles. The number of ether oxygens (including phenoxy) is 2. The Labute approximate surface area is 189 Å². The lowest BCUT2D eigenvalue weighted by Gasteiger charge is -2.32. The first-order chi connectivity index (χ1) is 15.8. The van der Waals surface area contributed by atoms with Gasteiger partial charge in [0.15, 0.2) is 0 Å². The summed E-state index contributed by atoms with van der Waals surface area (Å²) in [5, 5.41) is 1.31. The molecule has 5 rings (SSSR count). The number of aromatic nitrogens is 1. The van der Waals surface area contributed by atoms with Crippen LogP contribution >= 0.6 is 0 Å². The molecule has 0 bridgehead atoms. The van der Waals surface area contributed by atoms with Crippen molar-refractivity contribution in [2.75, 3.05) is 46.0 Å². The highest BCUT2D eigenvalue weighted by Gasteiger charge is 2.24. The monoisotopic (exact) mass is 433 g/mol. The molecule has 2 aromatic carbocycles. The number of carbonyl (C=O) groups excluding carboxylic acids is 1. The maximum Gasteiger partial charge on any atom is 0.257 e. The summed E-state index contributed by atoms with van der Waals surface area (Å²) in [5.74, 6) is 1.19. The SMILES string of the molecule is O=C(c1ccccc1OCC1CCCN(Cc2c[nH]c3ccccc23)C1)N1CCOCC1. The molecule has 0 radical (unpaired) electrons. The van der Waals surface area contributed by atoms with Crippen LogP contribution in [0.5, 0.6) is 5.75 Å². The topological polar surface area (TPSA) is 57.8 Å². The van der Waals surface area contributed by atoms with E-state index in [2.05, 4.69) is 40.3 Å². The molecule has 1 N–H and O–H groups in total. The Balaban J connectivity index is 1.20. The molecular weight excluding hydrogens is 402 g/mol. The lowest BCUT2D eigenvalue weighted by atomic mass is 9.98. The Hall–Kier alpha value is -2.83. The van der Waals surface area contributed by atoms with E-state index < -0.39 is 0 Å². The number of para-hydroxylation sites is 2. The van der Waals surface area contributed by atoms with Gasteiger partial charge in [-0.1, -0.05) is 30.3 Å². The molecule has 6 heteroatoms. The van der Waals surface area contributed by atoms with E-state index in [-0.39, 0.29) is 5.91 Å². The molecule has 1 amide bonds. The molecule has 1 aromatic heterocycles. The largest absolute Gasteiger partial charge is 0.492 e. The highest BCUT2D eigenvalue weighted by atomic mass is 16.5. The van der Waals surface area contributed by atoms with Gasteiger partial charge in [-0.2, -0.15) is 0 Å². The number of nitrogens with zero attached hydrogens (tertiary/aromatic N) is 2. The average Bonchev–Trinajstić information content (AvgIpc) is 3.26. The number of hydrogen-bond donors (Lipinski definition) is 1. The molecule has 0 aliphatic carbocycles. The molecule has 3 heterocycles. The zero-order valence-corrected chi connectivity index (χ0v) is 18.5. The molecule has 1 unspecified atom stereocenters. The normalized spacial score (nSPS) is 19.9. The first-order valence-corrected chi connectivity index (χ1v) is 11.6. The summed E-state index contributed by atoms with van der Waals surface area (Å²) in [7, 11) is 0. The van der Waals surface area contributed by atoms with Gasteiger partial charge in [-0.3, -0.25) is 9.69 Å². The molecule has 0 saturated carbocycles. The Morgan fingerprint density at radius 1 is 1.06 bits per heavy atom. The zero-order valence-electron chi connectivity index (χ0n) is 18.5. The van der Waals surface area contributed by atoms with Crippen LogP contribution in [0.25, 0.3) is 10.9 Å². The summed E-state index contributed by atoms with van der Waals surface area (Å²) in [5.41, 5.74) is 3.20. The van der Waals surface area contributed by atoms with Crippen LogP contribution in [0.2, 0.25) is 0 Å². The van der Waals surface area contributed by atoms with Crippen molar-refractivity contribution < 1.29 is 14.3 Å². The number of hydrogen-bond acceptors (Lipinski definition) is 4. The molecular formula is C26H31N3O3. The number of rotatable bonds is 6. The van der Waals surface area contributed by atoms with Crippen LogP contribution in [-0.2, 0) is 11.3 Å². The van der Waals surface area contributed by atoms with E-state index in [1.165, 1.54) is 22.9 Å². The fourth-order valence-electron chi connectivity index (χ4n) is 4.85. The highest BCUT2D eigenvalue weighted by Crippen LogP contribution is 2.25. The van der Waals surface area contributed by atoms with Crippen LogP contribution in [-0.4, -0.2) is 66.7 Å². The zero-order chi connectivity index (χ0) is 21.8. The second kappa shape index (κ2) is 9.76. The average molecular weight is 434 g/mol. The second-order valence-corrected chi connectivity index (χ2v) is 8.81. The van der Waals surface area contributed by atoms with Gasteiger partial charge in [0.05, 0.1) is 25.4 Å². The number of carbonyl (C=O) groups is 1. The number of H-pyrrole nitrogens is 1. The van der Waals surface area contributed by atoms with Crippen molar-refractivity contribution in [2.24, 2.45) is 5.92 Å². The van der Waals surface area contributed by atoms with E-state index in [0.717, 1.165) is 26.1 Å². The number of likely N-dealkylation sites (tertiary alicyclic amines) is 1. The third-order valence-electron chi connectivity index (χ3n) is 6.56. The maximum absolute atomic E-state index is 13.0. The molecule has 2 aliphatic rings. The number of benzene rings is 2. The molecule has 2 fully saturated rings. The Bertz CT molecular complexity index is 1060. The van der Waals surface area contributed by atoms with Gasteiger partial charge in [0.2, 0.25) is 0 Å². The maximum atomic E-state index is 13.0. The lowest BCUT2D eigenvalue weighted by molar-refractivity contribution is 0.0299. The van der Waals surface area contributed by atoms with Crippen molar-refractivity contribution in [1.29, 1.82) is 0 Å². The van der Waals surface area contributed by atoms with Crippen molar-refractivity contribution in [3.8, 4) is 5.75 Å². The fourth-order valence-corrected chi connectivity index (χ4v) is 4.85. The third kappa shape index (κ3) is 4.66. The van der Waals surface area contributed by atoms with E-state index in [4.69, 9.17) is 9.47 Å². The van der Waals surface area contributed by atoms with Gasteiger partial charge in [-0.15, -0.1) is 0 Å². The second-order valence-electron chi connectivity index (χ2n) is 8.81. The van der Waals surface area contributed by atoms with Crippen LogP contribution in [0.4, 0.5) is 0 Å². The minimum Gasteiger partial charge on any atom is -0.492 e. The van der Waals surface area contributed by atoms with Crippen LogP contribution in [0.3, 0.4) is 0 Å². The summed E-state index contributed by atoms with van der Waals surface area (Å²) in [6.45, 7) is 6.19. The summed E-state index contributed by atoms with van der Waals surface area (Å²) in [6, 6.07) is 16.1. The minimum atomic E-state index is 0.0357. The summed E-state index contributed by atoms with van der Waals surface area (Å²) in [4.78, 5) is 20.8. The van der Waals surface area contributed by atoms with E-state index >= 15 is 0 Å². The Morgan fingerprint density at radius 2 is 1.88 bits per heavy atom. The van der Waals surface area contributed by atoms with Gasteiger partial charge in [0, 0.05) is 49.2 Å². The molecule has 168 valence electrons. The van der Waals surface area contributed by atoms with E-state index in [9.17, 15) is 4.79 Å². The molecule has 32 heavy (non-hydrogen) atoms. The van der Waals surface area contributed by atoms with E-state index in [1.807, 2.05) is 29.2 Å². The summed E-state index contributed by atoms with van der Waals surface area (Å²) < 4.78 is 11.6. The number of aromatic amines is 1. The van der Waals surface area contributed by atoms with Gasteiger partial charge in [-0.25, -0.2) is 0 Å². The van der Waals surface area contributed by atoms with Crippen LogP contribution < -0.4 is 4.74 Å². The van der Waals surface area contributed by atoms with Crippen molar-refractivity contribution >= 4 is 16.8 Å². The predicted octanol–water partition coefficient (Wildman–Crippen LogP) is 3.93. The van der Waals surface area contributed by atoms with Crippen LogP contribution in [0.1, 0.15) is 28.8 Å². The van der Waals surface area contributed by atoms with Gasteiger partial charge in [0.25, 0.3) is 5.91 Å². The smallest absolute Gasteiger partial charge is 0.257 e. The minimum absolute atomic E-state index is 0.0357. The number of fused-ring (bicyclic) bond motifs is 1. The van der Waals surface area contributed by atoms with Gasteiger partial charge in [0.1, 0.15) is 5.75 Å². The van der Waals surface area contributed by atoms with E-state index in [0.29, 0.717) is 50.1 Å². The van der Waals surface area contributed by atoms with Crippen molar-refractivity contribution in [1.82, 2.24) is 14.8 Å². The number of amides is 1. The number of nitrogens with one attached hydrogen (secondary N) is 1. The molecule has 0 spiro atoms. The molecule has 1 atom stereocenters. The molecule has 6 nitrogen and oxygen atoms in total. The predicted molar refractivity (Wildman–Crippen MR) is 125 cm³/mol. The van der Waals surface area contributed by atoms with E-state index in [1.54, 1.807) is 0 Å². The number of piperidine rings is 1. The fraction of sp³-hybridized carbons (Fsp3) is 0.423.